The Morgan fingerprint density at radius 2 is 1.73 bits per heavy atom. The molecule has 30 heavy (non-hydrogen) atoms. The zero-order chi connectivity index (χ0) is 20.3. The summed E-state index contributed by atoms with van der Waals surface area (Å²) in [4.78, 5) is 13.8. The summed E-state index contributed by atoms with van der Waals surface area (Å²) in [5.41, 5.74) is 2.48. The van der Waals surface area contributed by atoms with Gasteiger partial charge in [-0.25, -0.2) is 14.4 Å². The van der Waals surface area contributed by atoms with Gasteiger partial charge in [-0.1, -0.05) is 30.3 Å². The Morgan fingerprint density at radius 3 is 2.53 bits per heavy atom. The number of aromatic nitrogens is 4. The van der Waals surface area contributed by atoms with Gasteiger partial charge < -0.3 is 15.4 Å². The number of fused-ring (bicyclic) bond motifs is 1. The van der Waals surface area contributed by atoms with Gasteiger partial charge in [-0.2, -0.15) is 4.98 Å². The Kier molecular flexibility index (Phi) is 4.98. The molecule has 0 atom stereocenters. The van der Waals surface area contributed by atoms with Crippen LogP contribution in [0.15, 0.2) is 60.8 Å². The Labute approximate surface area is 173 Å². The molecule has 7 nitrogen and oxygen atoms in total. The lowest BCUT2D eigenvalue weighted by Gasteiger charge is -2.22. The molecule has 0 saturated carbocycles. The van der Waals surface area contributed by atoms with Crippen LogP contribution >= 0.6 is 0 Å². The van der Waals surface area contributed by atoms with Crippen LogP contribution < -0.4 is 10.6 Å². The van der Waals surface area contributed by atoms with Crippen molar-refractivity contribution in [3.63, 3.8) is 0 Å². The zero-order valence-electron chi connectivity index (χ0n) is 16.3. The first-order valence-corrected chi connectivity index (χ1v) is 9.95. The lowest BCUT2D eigenvalue weighted by molar-refractivity contribution is 0.0903. The summed E-state index contributed by atoms with van der Waals surface area (Å²) in [5, 5.41) is 6.50. The molecule has 0 unspecified atom stereocenters. The van der Waals surface area contributed by atoms with Gasteiger partial charge in [0, 0.05) is 19.3 Å². The highest BCUT2D eigenvalue weighted by atomic mass is 19.1. The first-order chi connectivity index (χ1) is 14.8. The van der Waals surface area contributed by atoms with E-state index in [2.05, 4.69) is 20.6 Å². The normalized spacial score (nSPS) is 14.7. The van der Waals surface area contributed by atoms with Crippen LogP contribution in [0.2, 0.25) is 0 Å². The number of hydrogen-bond acceptors (Lipinski definition) is 6. The second-order valence-electron chi connectivity index (χ2n) is 7.14. The van der Waals surface area contributed by atoms with Crippen molar-refractivity contribution >= 4 is 28.7 Å². The number of halogens is 1. The first-order valence-electron chi connectivity index (χ1n) is 9.95. The maximum absolute atomic E-state index is 14.2. The molecule has 1 aliphatic rings. The Hall–Kier alpha value is -3.52. The van der Waals surface area contributed by atoms with Crippen molar-refractivity contribution in [3.8, 4) is 5.69 Å². The van der Waals surface area contributed by atoms with Crippen LogP contribution in [-0.4, -0.2) is 38.8 Å². The van der Waals surface area contributed by atoms with Gasteiger partial charge in [-0.05, 0) is 37.1 Å². The fourth-order valence-electron chi connectivity index (χ4n) is 3.56. The van der Waals surface area contributed by atoms with E-state index in [1.54, 1.807) is 24.4 Å². The number of hydrogen-bond donors (Lipinski definition) is 2. The second kappa shape index (κ2) is 8.08. The molecule has 1 saturated heterocycles. The van der Waals surface area contributed by atoms with E-state index >= 15 is 0 Å². The van der Waals surface area contributed by atoms with E-state index in [1.807, 2.05) is 34.9 Å². The van der Waals surface area contributed by atoms with E-state index in [-0.39, 0.29) is 11.9 Å². The highest BCUT2D eigenvalue weighted by Gasteiger charge is 2.18. The topological polar surface area (TPSA) is 76.9 Å². The standard InChI is InChI=1S/C22H21FN6O/c23-17-8-4-5-9-18(17)26-22-27-19-14-24-21(25-15-10-12-30-13-11-15)28-20(19)29(22)16-6-2-1-3-7-16/h1-9,14-15H,10-13H2,(H,26,27)(H,24,25,28). The Morgan fingerprint density at radius 1 is 0.967 bits per heavy atom. The number of nitrogens with one attached hydrogen (secondary N) is 2. The summed E-state index contributed by atoms with van der Waals surface area (Å²) >= 11 is 0. The van der Waals surface area contributed by atoms with Crippen LogP contribution in [0.1, 0.15) is 12.8 Å². The molecule has 1 fully saturated rings. The quantitative estimate of drug-likeness (QED) is 0.517. The zero-order valence-corrected chi connectivity index (χ0v) is 16.3. The minimum absolute atomic E-state index is 0.278. The third-order valence-electron chi connectivity index (χ3n) is 5.09. The fourth-order valence-corrected chi connectivity index (χ4v) is 3.56. The summed E-state index contributed by atoms with van der Waals surface area (Å²) < 4.78 is 21.5. The summed E-state index contributed by atoms with van der Waals surface area (Å²) in [6.07, 6.45) is 3.52. The third-order valence-corrected chi connectivity index (χ3v) is 5.09. The van der Waals surface area contributed by atoms with Gasteiger partial charge in [-0.15, -0.1) is 0 Å². The molecule has 2 aromatic heterocycles. The number of benzene rings is 2. The minimum Gasteiger partial charge on any atom is -0.381 e. The van der Waals surface area contributed by atoms with Gasteiger partial charge in [0.1, 0.15) is 11.3 Å². The molecule has 0 amide bonds. The van der Waals surface area contributed by atoms with Gasteiger partial charge >= 0.3 is 0 Å². The molecule has 8 heteroatoms. The van der Waals surface area contributed by atoms with Crippen LogP contribution in [-0.2, 0) is 4.74 Å². The van der Waals surface area contributed by atoms with E-state index in [0.29, 0.717) is 28.7 Å². The maximum atomic E-state index is 14.2. The van der Waals surface area contributed by atoms with Crippen molar-refractivity contribution < 1.29 is 9.13 Å². The summed E-state index contributed by atoms with van der Waals surface area (Å²) in [6.45, 7) is 1.47. The number of nitrogens with zero attached hydrogens (tertiary/aromatic N) is 4. The molecule has 0 bridgehead atoms. The summed E-state index contributed by atoms with van der Waals surface area (Å²) in [6, 6.07) is 16.5. The molecule has 4 aromatic rings. The number of ether oxygens (including phenoxy) is 1. The van der Waals surface area contributed by atoms with Gasteiger partial charge in [0.05, 0.1) is 17.6 Å². The molecule has 1 aliphatic heterocycles. The van der Waals surface area contributed by atoms with Crippen molar-refractivity contribution in [1.82, 2.24) is 19.5 Å². The molecule has 0 spiro atoms. The number of anilines is 3. The average molecular weight is 404 g/mol. The van der Waals surface area contributed by atoms with E-state index < -0.39 is 0 Å². The summed E-state index contributed by atoms with van der Waals surface area (Å²) in [5.74, 6) is 0.667. The molecule has 3 heterocycles. The number of para-hydroxylation sites is 2. The summed E-state index contributed by atoms with van der Waals surface area (Å²) in [7, 11) is 0. The van der Waals surface area contributed by atoms with Crippen molar-refractivity contribution in [2.45, 2.75) is 18.9 Å². The van der Waals surface area contributed by atoms with Gasteiger partial charge in [0.2, 0.25) is 11.9 Å². The maximum Gasteiger partial charge on any atom is 0.224 e. The molecule has 5 rings (SSSR count). The van der Waals surface area contributed by atoms with Crippen LogP contribution in [0.4, 0.5) is 22.0 Å². The van der Waals surface area contributed by atoms with E-state index in [0.717, 1.165) is 31.7 Å². The van der Waals surface area contributed by atoms with E-state index in [4.69, 9.17) is 9.72 Å². The van der Waals surface area contributed by atoms with Gasteiger partial charge in [0.15, 0.2) is 5.65 Å². The predicted molar refractivity (Wildman–Crippen MR) is 114 cm³/mol. The molecular weight excluding hydrogens is 383 g/mol. The van der Waals surface area contributed by atoms with Crippen molar-refractivity contribution in [3.05, 3.63) is 66.6 Å². The Bertz CT molecular complexity index is 1160. The van der Waals surface area contributed by atoms with Crippen LogP contribution in [0, 0.1) is 5.82 Å². The monoisotopic (exact) mass is 404 g/mol. The number of imidazole rings is 1. The molecule has 2 N–H and O–H groups in total. The molecule has 0 aliphatic carbocycles. The first kappa shape index (κ1) is 18.5. The Balaban J connectivity index is 1.58. The highest BCUT2D eigenvalue weighted by molar-refractivity contribution is 5.79. The smallest absolute Gasteiger partial charge is 0.224 e. The van der Waals surface area contributed by atoms with Crippen molar-refractivity contribution in [1.29, 1.82) is 0 Å². The molecule has 152 valence electrons. The molecular formula is C22H21FN6O. The van der Waals surface area contributed by atoms with Gasteiger partial charge in [-0.3, -0.25) is 4.57 Å². The molecule has 0 radical (unpaired) electrons. The highest BCUT2D eigenvalue weighted by Crippen LogP contribution is 2.27. The van der Waals surface area contributed by atoms with Crippen LogP contribution in [0.5, 0.6) is 0 Å². The van der Waals surface area contributed by atoms with E-state index in [1.165, 1.54) is 6.07 Å². The van der Waals surface area contributed by atoms with E-state index in [9.17, 15) is 4.39 Å². The van der Waals surface area contributed by atoms with Crippen LogP contribution in [0.25, 0.3) is 16.9 Å². The fraction of sp³-hybridized carbons (Fsp3) is 0.227. The lowest BCUT2D eigenvalue weighted by atomic mass is 10.1. The average Bonchev–Trinajstić information content (AvgIpc) is 3.14. The minimum atomic E-state index is -0.350. The molecule has 2 aromatic carbocycles. The van der Waals surface area contributed by atoms with Gasteiger partial charge in [0.25, 0.3) is 0 Å². The largest absolute Gasteiger partial charge is 0.381 e. The third kappa shape index (κ3) is 3.69. The second-order valence-corrected chi connectivity index (χ2v) is 7.14. The number of rotatable bonds is 5. The van der Waals surface area contributed by atoms with Crippen LogP contribution in [0.3, 0.4) is 0 Å². The predicted octanol–water partition coefficient (Wildman–Crippen LogP) is 4.29. The lowest BCUT2D eigenvalue weighted by Crippen LogP contribution is -2.28. The van der Waals surface area contributed by atoms with Crippen molar-refractivity contribution in [2.75, 3.05) is 23.8 Å². The SMILES string of the molecule is Fc1ccccc1Nc1nc2cnc(NC3CCOCC3)nc2n1-c1ccccc1. The van der Waals surface area contributed by atoms with Crippen molar-refractivity contribution in [2.24, 2.45) is 0 Å².